The van der Waals surface area contributed by atoms with Gasteiger partial charge in [-0.15, -0.1) is 0 Å². The number of benzene rings is 2. The van der Waals surface area contributed by atoms with Crippen molar-refractivity contribution in [2.24, 2.45) is 5.92 Å². The molecule has 0 saturated carbocycles. The molecule has 2 aromatic carbocycles. The molecule has 0 aromatic heterocycles. The first kappa shape index (κ1) is 29.1. The number of nitrogens with one attached hydrogen (secondary N) is 1. The molecule has 0 aliphatic rings. The summed E-state index contributed by atoms with van der Waals surface area (Å²) in [5.74, 6) is 0.394. The molecule has 2 unspecified atom stereocenters. The molecule has 2 aromatic rings. The van der Waals surface area contributed by atoms with E-state index in [0.29, 0.717) is 34.8 Å². The molecule has 0 spiro atoms. The van der Waals surface area contributed by atoms with E-state index in [1.807, 2.05) is 12.1 Å². The van der Waals surface area contributed by atoms with Crippen molar-refractivity contribution < 1.29 is 26.8 Å². The second-order valence-corrected chi connectivity index (χ2v) is 9.68. The molecule has 1 amide bonds. The average molecular weight is 497 g/mol. The summed E-state index contributed by atoms with van der Waals surface area (Å²) in [6.45, 7) is 9.49. The van der Waals surface area contributed by atoms with Crippen LogP contribution in [0.4, 0.5) is 5.69 Å². The van der Waals surface area contributed by atoms with Crippen LogP contribution >= 0.6 is 11.6 Å². The highest BCUT2D eigenvalue weighted by Crippen LogP contribution is 2.24. The number of para-hydroxylation sites is 1. The SMILES string of the molecule is CCC(CCc1ccc(N)c(Cl)c1)C[N+](C)(CCCNC(=O)c1ccccc1O)C(C)C.[Cl-]. The molecule has 0 fully saturated rings. The highest BCUT2D eigenvalue weighted by Gasteiger charge is 2.29. The predicted octanol–water partition coefficient (Wildman–Crippen LogP) is 2.27. The van der Waals surface area contributed by atoms with Gasteiger partial charge < -0.3 is 33.0 Å². The lowest BCUT2D eigenvalue weighted by molar-refractivity contribution is -0.933. The van der Waals surface area contributed by atoms with E-state index in [1.54, 1.807) is 18.2 Å². The largest absolute Gasteiger partial charge is 1.00 e. The number of nitrogen functional groups attached to an aromatic ring is 1. The molecule has 0 saturated heterocycles. The zero-order valence-corrected chi connectivity index (χ0v) is 21.8. The third kappa shape index (κ3) is 8.73. The molecule has 0 radical (unpaired) electrons. The Kier molecular flexibility index (Phi) is 12.1. The van der Waals surface area contributed by atoms with E-state index < -0.39 is 0 Å². The first-order valence-corrected chi connectivity index (χ1v) is 12.0. The molecule has 4 N–H and O–H groups in total. The van der Waals surface area contributed by atoms with Crippen LogP contribution in [0.15, 0.2) is 42.5 Å². The highest BCUT2D eigenvalue weighted by atomic mass is 35.5. The van der Waals surface area contributed by atoms with Crippen LogP contribution in [0.3, 0.4) is 0 Å². The lowest BCUT2D eigenvalue weighted by Crippen LogP contribution is -3.00. The number of phenols is 1. The van der Waals surface area contributed by atoms with Gasteiger partial charge in [0.15, 0.2) is 0 Å². The van der Waals surface area contributed by atoms with Gasteiger partial charge in [-0.1, -0.05) is 36.7 Å². The van der Waals surface area contributed by atoms with Gasteiger partial charge in [0, 0.05) is 18.9 Å². The molecule has 2 rings (SSSR count). The van der Waals surface area contributed by atoms with Crippen LogP contribution in [0.2, 0.25) is 5.02 Å². The third-order valence-corrected chi connectivity index (χ3v) is 7.01. The van der Waals surface area contributed by atoms with Crippen molar-refractivity contribution in [1.82, 2.24) is 5.32 Å². The van der Waals surface area contributed by atoms with Crippen molar-refractivity contribution in [3.8, 4) is 5.75 Å². The molecule has 0 aliphatic heterocycles. The van der Waals surface area contributed by atoms with Gasteiger partial charge >= 0.3 is 0 Å². The molecule has 2 atom stereocenters. The van der Waals surface area contributed by atoms with Crippen LogP contribution in [0, 0.1) is 5.92 Å². The van der Waals surface area contributed by atoms with E-state index in [2.05, 4.69) is 39.2 Å². The Morgan fingerprint density at radius 3 is 2.52 bits per heavy atom. The molecule has 33 heavy (non-hydrogen) atoms. The van der Waals surface area contributed by atoms with E-state index in [-0.39, 0.29) is 24.1 Å². The molecule has 184 valence electrons. The number of aromatic hydroxyl groups is 1. The monoisotopic (exact) mass is 495 g/mol. The van der Waals surface area contributed by atoms with Gasteiger partial charge in [-0.2, -0.15) is 0 Å². The Hall–Kier alpha value is -1.95. The summed E-state index contributed by atoms with van der Waals surface area (Å²) in [4.78, 5) is 12.3. The van der Waals surface area contributed by atoms with E-state index in [0.717, 1.165) is 43.3 Å². The van der Waals surface area contributed by atoms with E-state index >= 15 is 0 Å². The number of nitrogens with zero attached hydrogens (tertiary/aromatic N) is 1. The number of hydrogen-bond acceptors (Lipinski definition) is 3. The number of hydrogen-bond donors (Lipinski definition) is 3. The van der Waals surface area contributed by atoms with Crippen LogP contribution in [0.5, 0.6) is 5.75 Å². The minimum Gasteiger partial charge on any atom is -1.00 e. The molecule has 5 nitrogen and oxygen atoms in total. The number of carbonyl (C=O) groups is 1. The fourth-order valence-corrected chi connectivity index (χ4v) is 4.28. The number of quaternary nitrogens is 1. The topological polar surface area (TPSA) is 75.3 Å². The van der Waals surface area contributed by atoms with Crippen LogP contribution < -0.4 is 23.5 Å². The third-order valence-electron chi connectivity index (χ3n) is 6.69. The van der Waals surface area contributed by atoms with Crippen molar-refractivity contribution in [2.45, 2.75) is 52.5 Å². The number of nitrogens with two attached hydrogens (primary N) is 1. The van der Waals surface area contributed by atoms with Crippen LogP contribution in [0.1, 0.15) is 56.0 Å². The first-order valence-electron chi connectivity index (χ1n) is 11.6. The summed E-state index contributed by atoms with van der Waals surface area (Å²) in [6.07, 6.45) is 4.12. The van der Waals surface area contributed by atoms with Crippen molar-refractivity contribution in [3.63, 3.8) is 0 Å². The zero-order valence-electron chi connectivity index (χ0n) is 20.3. The lowest BCUT2D eigenvalue weighted by Gasteiger charge is -2.41. The van der Waals surface area contributed by atoms with Gasteiger partial charge in [0.1, 0.15) is 5.75 Å². The standard InChI is InChI=1S/C26H38ClN3O2.ClH/c1-5-20(11-12-21-13-14-24(28)23(27)17-21)18-30(4,19(2)3)16-8-15-29-26(32)22-9-6-7-10-25(22)31;/h6-7,9-10,13-14,17,19-20H,5,8,11-12,15-16,18,28H2,1-4H3,(H-,29,31,32);1H. The Morgan fingerprint density at radius 1 is 1.21 bits per heavy atom. The number of halogens is 2. The second-order valence-electron chi connectivity index (χ2n) is 9.27. The summed E-state index contributed by atoms with van der Waals surface area (Å²) < 4.78 is 0.966. The number of phenolic OH excluding ortho intramolecular Hbond substituents is 1. The van der Waals surface area contributed by atoms with Gasteiger partial charge in [0.25, 0.3) is 5.91 Å². The highest BCUT2D eigenvalue weighted by molar-refractivity contribution is 6.33. The zero-order chi connectivity index (χ0) is 23.7. The van der Waals surface area contributed by atoms with E-state index in [9.17, 15) is 9.90 Å². The van der Waals surface area contributed by atoms with Gasteiger partial charge in [-0.05, 0) is 62.9 Å². The summed E-state index contributed by atoms with van der Waals surface area (Å²) in [7, 11) is 2.32. The smallest absolute Gasteiger partial charge is 0.255 e. The summed E-state index contributed by atoms with van der Waals surface area (Å²) in [6, 6.07) is 13.1. The number of anilines is 1. The van der Waals surface area contributed by atoms with Crippen molar-refractivity contribution in [2.75, 3.05) is 32.4 Å². The van der Waals surface area contributed by atoms with E-state index in [1.165, 1.54) is 11.6 Å². The van der Waals surface area contributed by atoms with Crippen LogP contribution in [0.25, 0.3) is 0 Å². The quantitative estimate of drug-likeness (QED) is 0.240. The van der Waals surface area contributed by atoms with E-state index in [4.69, 9.17) is 17.3 Å². The van der Waals surface area contributed by atoms with Crippen LogP contribution in [-0.2, 0) is 6.42 Å². The summed E-state index contributed by atoms with van der Waals surface area (Å²) in [5, 5.41) is 13.4. The number of carbonyl (C=O) groups excluding carboxylic acids is 1. The number of rotatable bonds is 12. The first-order chi connectivity index (χ1) is 15.2. The average Bonchev–Trinajstić information content (AvgIpc) is 2.76. The maximum Gasteiger partial charge on any atom is 0.255 e. The second kappa shape index (κ2) is 13.7. The Bertz CT molecular complexity index is 892. The number of aryl methyl sites for hydroxylation is 1. The predicted molar refractivity (Wildman–Crippen MR) is 134 cm³/mol. The van der Waals surface area contributed by atoms with Gasteiger partial charge in [-0.25, -0.2) is 0 Å². The Morgan fingerprint density at radius 2 is 1.91 bits per heavy atom. The molecule has 0 bridgehead atoms. The normalized spacial score (nSPS) is 13.8. The fraction of sp³-hybridized carbons (Fsp3) is 0.500. The Balaban J connectivity index is 0.00000544. The molecule has 7 heteroatoms. The minimum atomic E-state index is -0.226. The van der Waals surface area contributed by atoms with Gasteiger partial charge in [0.2, 0.25) is 0 Å². The summed E-state index contributed by atoms with van der Waals surface area (Å²) in [5.41, 5.74) is 8.01. The van der Waals surface area contributed by atoms with Gasteiger partial charge in [-0.3, -0.25) is 4.79 Å². The molecular weight excluding hydrogens is 457 g/mol. The molecule has 0 heterocycles. The van der Waals surface area contributed by atoms with Crippen molar-refractivity contribution >= 4 is 23.2 Å². The van der Waals surface area contributed by atoms with Crippen molar-refractivity contribution in [3.05, 3.63) is 58.6 Å². The Labute approximate surface area is 210 Å². The minimum absolute atomic E-state index is 0. The fourth-order valence-electron chi connectivity index (χ4n) is 4.07. The van der Waals surface area contributed by atoms with Gasteiger partial charge in [0.05, 0.1) is 42.5 Å². The maximum absolute atomic E-state index is 12.3. The maximum atomic E-state index is 12.3. The van der Waals surface area contributed by atoms with Crippen LogP contribution in [-0.4, -0.2) is 48.2 Å². The number of amides is 1. The molecule has 0 aliphatic carbocycles. The lowest BCUT2D eigenvalue weighted by atomic mass is 9.95. The molecular formula is C26H39Cl2N3O2. The summed E-state index contributed by atoms with van der Waals surface area (Å²) >= 11 is 6.18. The van der Waals surface area contributed by atoms with Crippen molar-refractivity contribution in [1.29, 1.82) is 0 Å².